The Labute approximate surface area is 97.8 Å². The molecule has 16 heavy (non-hydrogen) atoms. The Hall–Kier alpha value is -1.22. The maximum Gasteiger partial charge on any atom is 0.0510 e. The summed E-state index contributed by atoms with van der Waals surface area (Å²) in [6, 6.07) is 9.35. The number of nitrogens with zero attached hydrogens (tertiary/aromatic N) is 1. The van der Waals surface area contributed by atoms with Crippen molar-refractivity contribution in [3.05, 3.63) is 24.3 Å². The molecule has 0 unspecified atom stereocenters. The first-order chi connectivity index (χ1) is 7.83. The van der Waals surface area contributed by atoms with Crippen LogP contribution in [-0.4, -0.2) is 32.2 Å². The first-order valence-corrected chi connectivity index (χ1v) is 6.15. The minimum absolute atomic E-state index is 0.610. The van der Waals surface area contributed by atoms with Gasteiger partial charge in [-0.2, -0.15) is 0 Å². The van der Waals surface area contributed by atoms with Gasteiger partial charge in [-0.1, -0.05) is 0 Å². The molecule has 0 atom stereocenters. The quantitative estimate of drug-likeness (QED) is 0.792. The molecule has 0 aliphatic carbocycles. The number of benzene rings is 1. The second-order valence-corrected chi connectivity index (χ2v) is 4.22. The first kappa shape index (κ1) is 11.3. The van der Waals surface area contributed by atoms with Crippen molar-refractivity contribution in [2.75, 3.05) is 36.4 Å². The lowest BCUT2D eigenvalue weighted by molar-refractivity contribution is 0.472. The predicted octanol–water partition coefficient (Wildman–Crippen LogP) is 1.92. The molecule has 0 amide bonds. The van der Waals surface area contributed by atoms with E-state index in [4.69, 9.17) is 0 Å². The standard InChI is InChI=1S/C13H21N3/c1-3-16(4-2)13-7-5-11(6-8-13)15-12-9-14-10-12/h5-8,12,14-15H,3-4,9-10H2,1-2H3. The SMILES string of the molecule is CCN(CC)c1ccc(NC2CNC2)cc1. The minimum atomic E-state index is 0.610. The van der Waals surface area contributed by atoms with Gasteiger partial charge in [0.05, 0.1) is 6.04 Å². The van der Waals surface area contributed by atoms with Crippen LogP contribution in [0.5, 0.6) is 0 Å². The second kappa shape index (κ2) is 5.21. The molecule has 2 N–H and O–H groups in total. The van der Waals surface area contributed by atoms with Gasteiger partial charge in [-0.05, 0) is 38.1 Å². The zero-order chi connectivity index (χ0) is 11.4. The highest BCUT2D eigenvalue weighted by Crippen LogP contribution is 2.18. The maximum atomic E-state index is 3.50. The Morgan fingerprint density at radius 3 is 2.25 bits per heavy atom. The smallest absolute Gasteiger partial charge is 0.0510 e. The van der Waals surface area contributed by atoms with Crippen LogP contribution in [0.25, 0.3) is 0 Å². The van der Waals surface area contributed by atoms with Crippen molar-refractivity contribution in [1.29, 1.82) is 0 Å². The Kier molecular flexibility index (Phi) is 3.67. The van der Waals surface area contributed by atoms with Gasteiger partial charge < -0.3 is 15.5 Å². The summed E-state index contributed by atoms with van der Waals surface area (Å²) in [5, 5.41) is 6.76. The molecule has 0 aromatic heterocycles. The van der Waals surface area contributed by atoms with E-state index in [0.29, 0.717) is 6.04 Å². The van der Waals surface area contributed by atoms with Crippen LogP contribution < -0.4 is 15.5 Å². The predicted molar refractivity (Wildman–Crippen MR) is 70.3 cm³/mol. The topological polar surface area (TPSA) is 27.3 Å². The van der Waals surface area contributed by atoms with Gasteiger partial charge in [-0.3, -0.25) is 0 Å². The summed E-state index contributed by atoms with van der Waals surface area (Å²) in [4.78, 5) is 2.36. The molecule has 1 fully saturated rings. The Bertz CT molecular complexity index is 312. The molecule has 2 rings (SSSR count). The molecule has 1 aromatic rings. The lowest BCUT2D eigenvalue weighted by Crippen LogP contribution is -2.51. The summed E-state index contributed by atoms with van der Waals surface area (Å²) in [6.07, 6.45) is 0. The van der Waals surface area contributed by atoms with Gasteiger partial charge in [-0.15, -0.1) is 0 Å². The highest BCUT2D eigenvalue weighted by Gasteiger charge is 2.15. The molecule has 1 saturated heterocycles. The molecule has 1 aliphatic heterocycles. The van der Waals surface area contributed by atoms with E-state index in [9.17, 15) is 0 Å². The van der Waals surface area contributed by atoms with Gasteiger partial charge in [0.25, 0.3) is 0 Å². The lowest BCUT2D eigenvalue weighted by atomic mass is 10.1. The van der Waals surface area contributed by atoms with Gasteiger partial charge in [0, 0.05) is 37.6 Å². The Balaban J connectivity index is 1.97. The average Bonchev–Trinajstić information content (AvgIpc) is 2.27. The number of anilines is 2. The molecule has 0 spiro atoms. The summed E-state index contributed by atoms with van der Waals surface area (Å²) in [5.74, 6) is 0. The molecule has 1 heterocycles. The molecule has 0 bridgehead atoms. The van der Waals surface area contributed by atoms with Crippen molar-refractivity contribution in [2.45, 2.75) is 19.9 Å². The van der Waals surface area contributed by atoms with Gasteiger partial charge in [0.1, 0.15) is 0 Å². The number of rotatable bonds is 5. The summed E-state index contributed by atoms with van der Waals surface area (Å²) in [7, 11) is 0. The zero-order valence-electron chi connectivity index (χ0n) is 10.2. The van der Waals surface area contributed by atoms with E-state index in [1.165, 1.54) is 11.4 Å². The second-order valence-electron chi connectivity index (χ2n) is 4.22. The largest absolute Gasteiger partial charge is 0.380 e. The van der Waals surface area contributed by atoms with Crippen molar-refractivity contribution in [3.8, 4) is 0 Å². The molecule has 88 valence electrons. The fraction of sp³-hybridized carbons (Fsp3) is 0.538. The molecule has 3 nitrogen and oxygen atoms in total. The lowest BCUT2D eigenvalue weighted by Gasteiger charge is -2.29. The molecule has 0 saturated carbocycles. The van der Waals surface area contributed by atoms with E-state index in [-0.39, 0.29) is 0 Å². The van der Waals surface area contributed by atoms with Crippen LogP contribution in [0.4, 0.5) is 11.4 Å². The van der Waals surface area contributed by atoms with Crippen LogP contribution in [0, 0.1) is 0 Å². The van der Waals surface area contributed by atoms with Crippen molar-refractivity contribution in [3.63, 3.8) is 0 Å². The highest BCUT2D eigenvalue weighted by molar-refractivity contribution is 5.55. The third-order valence-electron chi connectivity index (χ3n) is 3.15. The van der Waals surface area contributed by atoms with Crippen molar-refractivity contribution < 1.29 is 0 Å². The fourth-order valence-electron chi connectivity index (χ4n) is 1.98. The van der Waals surface area contributed by atoms with Crippen LogP contribution in [0.15, 0.2) is 24.3 Å². The number of hydrogen-bond acceptors (Lipinski definition) is 3. The summed E-state index contributed by atoms with van der Waals surface area (Å²) >= 11 is 0. The first-order valence-electron chi connectivity index (χ1n) is 6.15. The van der Waals surface area contributed by atoms with Gasteiger partial charge >= 0.3 is 0 Å². The third-order valence-corrected chi connectivity index (χ3v) is 3.15. The molecule has 0 radical (unpaired) electrons. The van der Waals surface area contributed by atoms with Crippen LogP contribution in [0.1, 0.15) is 13.8 Å². The van der Waals surface area contributed by atoms with E-state index < -0.39 is 0 Å². The zero-order valence-corrected chi connectivity index (χ0v) is 10.2. The molecular weight excluding hydrogens is 198 g/mol. The maximum absolute atomic E-state index is 3.50. The van der Waals surface area contributed by atoms with E-state index in [1.807, 2.05) is 0 Å². The molecule has 1 aliphatic rings. The van der Waals surface area contributed by atoms with Crippen molar-refractivity contribution in [1.82, 2.24) is 5.32 Å². The van der Waals surface area contributed by atoms with Crippen molar-refractivity contribution in [2.24, 2.45) is 0 Å². The van der Waals surface area contributed by atoms with E-state index >= 15 is 0 Å². The van der Waals surface area contributed by atoms with E-state index in [0.717, 1.165) is 26.2 Å². The normalized spacial score (nSPS) is 15.6. The van der Waals surface area contributed by atoms with E-state index in [2.05, 4.69) is 53.6 Å². The van der Waals surface area contributed by atoms with Gasteiger partial charge in [-0.25, -0.2) is 0 Å². The molecule has 1 aromatic carbocycles. The minimum Gasteiger partial charge on any atom is -0.380 e. The Morgan fingerprint density at radius 1 is 1.19 bits per heavy atom. The third kappa shape index (κ3) is 2.47. The van der Waals surface area contributed by atoms with Gasteiger partial charge in [0.15, 0.2) is 0 Å². The Morgan fingerprint density at radius 2 is 1.81 bits per heavy atom. The summed E-state index contributed by atoms with van der Waals surface area (Å²) in [6.45, 7) is 8.67. The van der Waals surface area contributed by atoms with Crippen molar-refractivity contribution >= 4 is 11.4 Å². The van der Waals surface area contributed by atoms with Crippen LogP contribution in [0.3, 0.4) is 0 Å². The monoisotopic (exact) mass is 219 g/mol. The highest BCUT2D eigenvalue weighted by atomic mass is 15.1. The summed E-state index contributed by atoms with van der Waals surface area (Å²) < 4.78 is 0. The molecule has 3 heteroatoms. The van der Waals surface area contributed by atoms with Gasteiger partial charge in [0.2, 0.25) is 0 Å². The van der Waals surface area contributed by atoms with Crippen LogP contribution in [-0.2, 0) is 0 Å². The average molecular weight is 219 g/mol. The summed E-state index contributed by atoms with van der Waals surface area (Å²) in [5.41, 5.74) is 2.53. The van der Waals surface area contributed by atoms with Crippen LogP contribution in [0.2, 0.25) is 0 Å². The number of nitrogens with one attached hydrogen (secondary N) is 2. The molecular formula is C13H21N3. The fourth-order valence-corrected chi connectivity index (χ4v) is 1.98. The number of hydrogen-bond donors (Lipinski definition) is 2. The van der Waals surface area contributed by atoms with Crippen LogP contribution >= 0.6 is 0 Å². The van der Waals surface area contributed by atoms with E-state index in [1.54, 1.807) is 0 Å².